The van der Waals surface area contributed by atoms with Gasteiger partial charge in [0.2, 0.25) is 0 Å². The van der Waals surface area contributed by atoms with Gasteiger partial charge in [0.05, 0.1) is 16.9 Å². The van der Waals surface area contributed by atoms with Crippen LogP contribution in [0.4, 0.5) is 11.4 Å². The molecule has 0 saturated carbocycles. The number of carbonyl (C=O) groups excluding carboxylic acids is 1. The van der Waals surface area contributed by atoms with Crippen LogP contribution >= 0.6 is 23.2 Å². The zero-order valence-electron chi connectivity index (χ0n) is 10.1. The Hall–Kier alpha value is -1.78. The molecule has 1 aromatic heterocycles. The fourth-order valence-corrected chi connectivity index (χ4v) is 1.94. The van der Waals surface area contributed by atoms with E-state index in [0.29, 0.717) is 32.8 Å². The SMILES string of the molecule is Cc1nc(Cl)ccc1NC(=O)c1cc(Cl)ccc1N. The maximum atomic E-state index is 12.1. The molecule has 0 radical (unpaired) electrons. The van der Waals surface area contributed by atoms with E-state index in [2.05, 4.69) is 10.3 Å². The molecule has 2 rings (SSSR count). The Labute approximate surface area is 120 Å². The van der Waals surface area contributed by atoms with Crippen LogP contribution in [0.15, 0.2) is 30.3 Å². The van der Waals surface area contributed by atoms with Crippen molar-refractivity contribution in [2.45, 2.75) is 6.92 Å². The highest BCUT2D eigenvalue weighted by atomic mass is 35.5. The van der Waals surface area contributed by atoms with Gasteiger partial charge in [0, 0.05) is 10.7 Å². The summed E-state index contributed by atoms with van der Waals surface area (Å²) in [6.45, 7) is 1.75. The molecule has 0 aliphatic carbocycles. The molecular weight excluding hydrogens is 285 g/mol. The molecule has 3 N–H and O–H groups in total. The van der Waals surface area contributed by atoms with Crippen LogP contribution in [0.1, 0.15) is 16.1 Å². The number of benzene rings is 1. The first-order valence-electron chi connectivity index (χ1n) is 5.47. The summed E-state index contributed by atoms with van der Waals surface area (Å²) in [5.74, 6) is -0.341. The van der Waals surface area contributed by atoms with Crippen LogP contribution in [-0.4, -0.2) is 10.9 Å². The average molecular weight is 296 g/mol. The number of anilines is 2. The third-order valence-electron chi connectivity index (χ3n) is 2.56. The molecule has 0 fully saturated rings. The van der Waals surface area contributed by atoms with E-state index in [4.69, 9.17) is 28.9 Å². The average Bonchev–Trinajstić information content (AvgIpc) is 2.35. The second-order valence-electron chi connectivity index (χ2n) is 3.95. The monoisotopic (exact) mass is 295 g/mol. The molecule has 0 saturated heterocycles. The first-order chi connectivity index (χ1) is 8.97. The minimum absolute atomic E-state index is 0.321. The van der Waals surface area contributed by atoms with Crippen LogP contribution in [0.25, 0.3) is 0 Å². The van der Waals surface area contributed by atoms with Gasteiger partial charge in [-0.2, -0.15) is 0 Å². The Bertz CT molecular complexity index is 644. The number of carbonyl (C=O) groups is 1. The molecule has 0 unspecified atom stereocenters. The molecule has 0 spiro atoms. The number of pyridine rings is 1. The van der Waals surface area contributed by atoms with Crippen molar-refractivity contribution in [1.82, 2.24) is 4.98 Å². The van der Waals surface area contributed by atoms with Gasteiger partial charge in [0.15, 0.2) is 0 Å². The number of aromatic nitrogens is 1. The summed E-state index contributed by atoms with van der Waals surface area (Å²) in [7, 11) is 0. The van der Waals surface area contributed by atoms with Gasteiger partial charge in [-0.15, -0.1) is 0 Å². The van der Waals surface area contributed by atoms with E-state index < -0.39 is 0 Å². The van der Waals surface area contributed by atoms with Crippen LogP contribution in [-0.2, 0) is 0 Å². The maximum absolute atomic E-state index is 12.1. The van der Waals surface area contributed by atoms with Crippen molar-refractivity contribution in [3.8, 4) is 0 Å². The number of nitrogens with one attached hydrogen (secondary N) is 1. The Morgan fingerprint density at radius 1 is 1.26 bits per heavy atom. The van der Waals surface area contributed by atoms with Crippen molar-refractivity contribution in [1.29, 1.82) is 0 Å². The molecule has 1 heterocycles. The van der Waals surface area contributed by atoms with Crippen LogP contribution in [0, 0.1) is 6.92 Å². The van der Waals surface area contributed by atoms with Gasteiger partial charge in [-0.1, -0.05) is 23.2 Å². The minimum Gasteiger partial charge on any atom is -0.398 e. The first-order valence-corrected chi connectivity index (χ1v) is 6.22. The highest BCUT2D eigenvalue weighted by molar-refractivity contribution is 6.31. The Balaban J connectivity index is 2.28. The molecular formula is C13H11Cl2N3O. The van der Waals surface area contributed by atoms with Crippen molar-refractivity contribution < 1.29 is 4.79 Å². The molecule has 0 bridgehead atoms. The summed E-state index contributed by atoms with van der Waals surface area (Å²) < 4.78 is 0. The van der Waals surface area contributed by atoms with Gasteiger partial charge >= 0.3 is 0 Å². The quantitative estimate of drug-likeness (QED) is 0.658. The fourth-order valence-electron chi connectivity index (χ4n) is 1.58. The topological polar surface area (TPSA) is 68.0 Å². The van der Waals surface area contributed by atoms with Gasteiger partial charge in [0.25, 0.3) is 5.91 Å². The number of hydrogen-bond acceptors (Lipinski definition) is 3. The molecule has 0 atom stereocenters. The van der Waals surface area contributed by atoms with Crippen LogP contribution in [0.5, 0.6) is 0 Å². The second-order valence-corrected chi connectivity index (χ2v) is 4.78. The van der Waals surface area contributed by atoms with E-state index >= 15 is 0 Å². The highest BCUT2D eigenvalue weighted by Crippen LogP contribution is 2.21. The molecule has 1 aromatic carbocycles. The summed E-state index contributed by atoms with van der Waals surface area (Å²) in [5.41, 5.74) is 7.64. The Morgan fingerprint density at radius 3 is 2.68 bits per heavy atom. The van der Waals surface area contributed by atoms with Gasteiger partial charge in [0.1, 0.15) is 5.15 Å². The van der Waals surface area contributed by atoms with E-state index in [0.717, 1.165) is 0 Å². The zero-order chi connectivity index (χ0) is 14.0. The van der Waals surface area contributed by atoms with Crippen LogP contribution < -0.4 is 11.1 Å². The predicted molar refractivity (Wildman–Crippen MR) is 77.8 cm³/mol. The van der Waals surface area contributed by atoms with E-state index in [1.54, 1.807) is 31.2 Å². The number of rotatable bonds is 2. The lowest BCUT2D eigenvalue weighted by Crippen LogP contribution is -2.15. The number of halogens is 2. The first kappa shape index (κ1) is 13.6. The predicted octanol–water partition coefficient (Wildman–Crippen LogP) is 3.53. The number of nitrogens with zero attached hydrogens (tertiary/aromatic N) is 1. The Morgan fingerprint density at radius 2 is 2.00 bits per heavy atom. The Kier molecular flexibility index (Phi) is 3.93. The maximum Gasteiger partial charge on any atom is 0.257 e. The van der Waals surface area contributed by atoms with Crippen molar-refractivity contribution in [2.24, 2.45) is 0 Å². The van der Waals surface area contributed by atoms with E-state index in [-0.39, 0.29) is 5.91 Å². The molecule has 1 amide bonds. The standard InChI is InChI=1S/C13H11Cl2N3O/c1-7-11(4-5-12(15)17-7)18-13(19)9-6-8(14)2-3-10(9)16/h2-6H,16H2,1H3,(H,18,19). The van der Waals surface area contributed by atoms with Gasteiger partial charge in [-0.25, -0.2) is 4.98 Å². The zero-order valence-corrected chi connectivity index (χ0v) is 11.6. The number of nitrogens with two attached hydrogens (primary N) is 1. The molecule has 2 aromatic rings. The summed E-state index contributed by atoms with van der Waals surface area (Å²) >= 11 is 11.6. The lowest BCUT2D eigenvalue weighted by Gasteiger charge is -2.09. The summed E-state index contributed by atoms with van der Waals surface area (Å²) in [6, 6.07) is 8.02. The van der Waals surface area contributed by atoms with Crippen molar-refractivity contribution >= 4 is 40.5 Å². The molecule has 0 aliphatic rings. The number of hydrogen-bond donors (Lipinski definition) is 2. The third kappa shape index (κ3) is 3.16. The van der Waals surface area contributed by atoms with Crippen LogP contribution in [0.2, 0.25) is 10.2 Å². The smallest absolute Gasteiger partial charge is 0.257 e. The van der Waals surface area contributed by atoms with Crippen molar-refractivity contribution in [2.75, 3.05) is 11.1 Å². The third-order valence-corrected chi connectivity index (χ3v) is 3.01. The van der Waals surface area contributed by atoms with E-state index in [9.17, 15) is 4.79 Å². The molecule has 6 heteroatoms. The highest BCUT2D eigenvalue weighted by Gasteiger charge is 2.12. The van der Waals surface area contributed by atoms with Gasteiger partial charge in [-0.3, -0.25) is 4.79 Å². The van der Waals surface area contributed by atoms with Gasteiger partial charge < -0.3 is 11.1 Å². The number of aryl methyl sites for hydroxylation is 1. The summed E-state index contributed by atoms with van der Waals surface area (Å²) in [5, 5.41) is 3.55. The van der Waals surface area contributed by atoms with Crippen molar-refractivity contribution in [3.05, 3.63) is 51.8 Å². The van der Waals surface area contributed by atoms with Crippen molar-refractivity contribution in [3.63, 3.8) is 0 Å². The minimum atomic E-state index is -0.341. The second kappa shape index (κ2) is 5.47. The fraction of sp³-hybridized carbons (Fsp3) is 0.0769. The number of amides is 1. The van der Waals surface area contributed by atoms with Gasteiger partial charge in [-0.05, 0) is 37.3 Å². The summed E-state index contributed by atoms with van der Waals surface area (Å²) in [4.78, 5) is 16.2. The molecule has 19 heavy (non-hydrogen) atoms. The molecule has 4 nitrogen and oxygen atoms in total. The number of nitrogen functional groups attached to an aromatic ring is 1. The largest absolute Gasteiger partial charge is 0.398 e. The lowest BCUT2D eigenvalue weighted by molar-refractivity contribution is 0.102. The van der Waals surface area contributed by atoms with E-state index in [1.807, 2.05) is 0 Å². The molecule has 0 aliphatic heterocycles. The lowest BCUT2D eigenvalue weighted by atomic mass is 10.1. The molecule has 98 valence electrons. The van der Waals surface area contributed by atoms with Crippen LogP contribution in [0.3, 0.4) is 0 Å². The summed E-state index contributed by atoms with van der Waals surface area (Å²) in [6.07, 6.45) is 0. The van der Waals surface area contributed by atoms with E-state index in [1.165, 1.54) is 6.07 Å². The normalized spacial score (nSPS) is 10.3.